The predicted octanol–water partition coefficient (Wildman–Crippen LogP) is 1.17. The number of benzene rings is 1. The molecule has 1 N–H and O–H groups in total. The first-order valence-corrected chi connectivity index (χ1v) is 7.50. The van der Waals surface area contributed by atoms with Gasteiger partial charge in [-0.15, -0.1) is 0 Å². The van der Waals surface area contributed by atoms with Crippen molar-refractivity contribution < 1.29 is 28.8 Å². The van der Waals surface area contributed by atoms with Crippen molar-refractivity contribution in [2.24, 2.45) is 0 Å². The topological polar surface area (TPSA) is 66.4 Å². The van der Waals surface area contributed by atoms with Crippen molar-refractivity contribution in [3.63, 3.8) is 0 Å². The minimum absolute atomic E-state index is 0.0590. The van der Waals surface area contributed by atoms with Crippen LogP contribution >= 0.6 is 0 Å². The zero-order valence-electron chi connectivity index (χ0n) is 12.6. The Hall–Kier alpha value is -1.02. The number of hydrogen-bond donors (Lipinski definition) is 1. The van der Waals surface area contributed by atoms with E-state index in [-0.39, 0.29) is 6.61 Å². The molecule has 0 spiro atoms. The van der Waals surface area contributed by atoms with Gasteiger partial charge in [-0.05, 0) is 19.4 Å². The number of aliphatic hydroxyl groups is 1. The van der Waals surface area contributed by atoms with Crippen LogP contribution in [0.2, 0.25) is 0 Å². The molecule has 5 atom stereocenters. The summed E-state index contributed by atoms with van der Waals surface area (Å²) in [6.07, 6.45) is -2.14. The molecule has 2 bridgehead atoms. The van der Waals surface area contributed by atoms with Crippen LogP contribution in [0.25, 0.3) is 0 Å². The molecule has 0 radical (unpaired) electrons. The second-order valence-electron chi connectivity index (χ2n) is 6.42. The van der Waals surface area contributed by atoms with Crippen LogP contribution in [0.5, 0.6) is 0 Å². The highest BCUT2D eigenvalue weighted by atomic mass is 16.8. The van der Waals surface area contributed by atoms with E-state index in [4.69, 9.17) is 23.7 Å². The summed E-state index contributed by atoms with van der Waals surface area (Å²) >= 11 is 0. The average molecular weight is 308 g/mol. The highest BCUT2D eigenvalue weighted by molar-refractivity contribution is 5.14. The van der Waals surface area contributed by atoms with Gasteiger partial charge in [0, 0.05) is 0 Å². The number of ether oxygens (including phenoxy) is 5. The molecule has 1 aromatic carbocycles. The van der Waals surface area contributed by atoms with Crippen LogP contribution in [0.4, 0.5) is 0 Å². The van der Waals surface area contributed by atoms with Gasteiger partial charge in [0.25, 0.3) is 0 Å². The monoisotopic (exact) mass is 308 g/mol. The van der Waals surface area contributed by atoms with Gasteiger partial charge in [0.1, 0.15) is 24.9 Å². The van der Waals surface area contributed by atoms with E-state index in [1.54, 1.807) is 0 Å². The molecule has 6 nitrogen and oxygen atoms in total. The third-order valence-corrected chi connectivity index (χ3v) is 4.23. The van der Waals surface area contributed by atoms with E-state index < -0.39 is 36.2 Å². The van der Waals surface area contributed by atoms with Crippen LogP contribution in [0, 0.1) is 0 Å². The fraction of sp³-hybridized carbons (Fsp3) is 0.625. The predicted molar refractivity (Wildman–Crippen MR) is 74.6 cm³/mol. The van der Waals surface area contributed by atoms with Gasteiger partial charge in [-0.1, -0.05) is 30.3 Å². The average Bonchev–Trinajstić information content (AvgIpc) is 3.00. The molecule has 0 aromatic heterocycles. The number of fused-ring (bicyclic) bond motifs is 4. The second-order valence-corrected chi connectivity index (χ2v) is 6.42. The normalized spacial score (nSPS) is 42.3. The number of hydrogen-bond acceptors (Lipinski definition) is 6. The summed E-state index contributed by atoms with van der Waals surface area (Å²) < 4.78 is 28.9. The molecule has 1 aromatic rings. The van der Waals surface area contributed by atoms with E-state index >= 15 is 0 Å². The zero-order valence-corrected chi connectivity index (χ0v) is 12.6. The van der Waals surface area contributed by atoms with Crippen molar-refractivity contribution >= 4 is 0 Å². The Morgan fingerprint density at radius 3 is 2.73 bits per heavy atom. The van der Waals surface area contributed by atoms with Gasteiger partial charge in [0.2, 0.25) is 5.79 Å². The zero-order chi connectivity index (χ0) is 15.4. The quantitative estimate of drug-likeness (QED) is 0.904. The third kappa shape index (κ3) is 2.36. The van der Waals surface area contributed by atoms with Crippen molar-refractivity contribution in [3.8, 4) is 0 Å². The van der Waals surface area contributed by atoms with Crippen molar-refractivity contribution in [3.05, 3.63) is 35.9 Å². The van der Waals surface area contributed by atoms with Crippen molar-refractivity contribution in [2.75, 3.05) is 6.61 Å². The maximum Gasteiger partial charge on any atom is 0.222 e. The minimum atomic E-state index is -1.46. The summed E-state index contributed by atoms with van der Waals surface area (Å²) in [5.74, 6) is -2.25. The van der Waals surface area contributed by atoms with Gasteiger partial charge < -0.3 is 28.8 Å². The van der Waals surface area contributed by atoms with E-state index in [0.717, 1.165) is 5.56 Å². The first-order valence-electron chi connectivity index (χ1n) is 7.50. The molecule has 0 unspecified atom stereocenters. The Labute approximate surface area is 128 Å². The molecule has 3 saturated heterocycles. The standard InChI is InChI=1S/C16H20O6/c1-15(2)20-11-12(18-8-10-6-4-3-5-7-10)14-19-9-16(17,22-14)13(11)21-15/h3-7,11-14,17H,8-9H2,1-2H3/t11-,12-,13-,14-,16-/m1/s1. The van der Waals surface area contributed by atoms with E-state index in [2.05, 4.69) is 0 Å². The van der Waals surface area contributed by atoms with Crippen molar-refractivity contribution in [1.82, 2.24) is 0 Å². The van der Waals surface area contributed by atoms with Crippen molar-refractivity contribution in [2.45, 2.75) is 56.6 Å². The van der Waals surface area contributed by atoms with Crippen LogP contribution in [-0.4, -0.2) is 47.9 Å². The Balaban J connectivity index is 1.54. The molecule has 0 aliphatic carbocycles. The first-order chi connectivity index (χ1) is 10.5. The first kappa shape index (κ1) is 14.6. The summed E-state index contributed by atoms with van der Waals surface area (Å²) in [5, 5.41) is 10.5. The van der Waals surface area contributed by atoms with Crippen LogP contribution < -0.4 is 0 Å². The fourth-order valence-corrected chi connectivity index (χ4v) is 3.25. The molecule has 3 heterocycles. The third-order valence-electron chi connectivity index (χ3n) is 4.23. The molecular formula is C16H20O6. The summed E-state index contributed by atoms with van der Waals surface area (Å²) in [6.45, 7) is 4.11. The molecule has 4 rings (SSSR count). The summed E-state index contributed by atoms with van der Waals surface area (Å²) in [6, 6.07) is 9.86. The fourth-order valence-electron chi connectivity index (χ4n) is 3.25. The van der Waals surface area contributed by atoms with E-state index in [9.17, 15) is 5.11 Å². The molecule has 6 heteroatoms. The SMILES string of the molecule is CC1(C)O[C@@H]2[C@@H](OCc3ccccc3)[C@@H]3OC[C@@](O)(O3)[C@@H]2O1. The van der Waals surface area contributed by atoms with E-state index in [1.807, 2.05) is 44.2 Å². The largest absolute Gasteiger partial charge is 0.365 e. The Kier molecular flexibility index (Phi) is 3.30. The summed E-state index contributed by atoms with van der Waals surface area (Å²) in [5.41, 5.74) is 1.05. The van der Waals surface area contributed by atoms with Crippen LogP contribution in [0.15, 0.2) is 30.3 Å². The van der Waals surface area contributed by atoms with Gasteiger partial charge in [-0.25, -0.2) is 0 Å². The summed E-state index contributed by atoms with van der Waals surface area (Å²) in [4.78, 5) is 0. The Morgan fingerprint density at radius 1 is 1.18 bits per heavy atom. The van der Waals surface area contributed by atoms with Crippen LogP contribution in [0.1, 0.15) is 19.4 Å². The highest BCUT2D eigenvalue weighted by Gasteiger charge is 2.66. The highest BCUT2D eigenvalue weighted by Crippen LogP contribution is 2.46. The van der Waals surface area contributed by atoms with E-state index in [1.165, 1.54) is 0 Å². The molecule has 0 amide bonds. The minimum Gasteiger partial charge on any atom is -0.365 e. The molecular weight excluding hydrogens is 288 g/mol. The molecule has 120 valence electrons. The maximum atomic E-state index is 10.5. The Morgan fingerprint density at radius 2 is 1.95 bits per heavy atom. The Bertz CT molecular complexity index is 547. The van der Waals surface area contributed by atoms with Gasteiger partial charge in [-0.3, -0.25) is 0 Å². The maximum absolute atomic E-state index is 10.5. The lowest BCUT2D eigenvalue weighted by Crippen LogP contribution is -2.60. The number of rotatable bonds is 3. The molecule has 22 heavy (non-hydrogen) atoms. The lowest BCUT2D eigenvalue weighted by atomic mass is 9.98. The molecule has 3 aliphatic rings. The molecule has 3 fully saturated rings. The summed E-state index contributed by atoms with van der Waals surface area (Å²) in [7, 11) is 0. The molecule has 0 saturated carbocycles. The van der Waals surface area contributed by atoms with E-state index in [0.29, 0.717) is 6.61 Å². The van der Waals surface area contributed by atoms with Gasteiger partial charge in [0.05, 0.1) is 6.61 Å². The van der Waals surface area contributed by atoms with Crippen LogP contribution in [-0.2, 0) is 30.3 Å². The van der Waals surface area contributed by atoms with Gasteiger partial charge >= 0.3 is 0 Å². The van der Waals surface area contributed by atoms with Gasteiger partial charge in [-0.2, -0.15) is 0 Å². The van der Waals surface area contributed by atoms with Crippen LogP contribution in [0.3, 0.4) is 0 Å². The van der Waals surface area contributed by atoms with Gasteiger partial charge in [0.15, 0.2) is 12.1 Å². The second kappa shape index (κ2) is 4.99. The lowest BCUT2D eigenvalue weighted by molar-refractivity contribution is -0.307. The smallest absolute Gasteiger partial charge is 0.222 e. The van der Waals surface area contributed by atoms with Crippen molar-refractivity contribution in [1.29, 1.82) is 0 Å². The lowest BCUT2D eigenvalue weighted by Gasteiger charge is -2.38. The molecule has 3 aliphatic heterocycles.